The predicted octanol–water partition coefficient (Wildman–Crippen LogP) is 3.05. The maximum Gasteiger partial charge on any atom is 0.274 e. The molecule has 22 heavy (non-hydrogen) atoms. The van der Waals surface area contributed by atoms with E-state index in [-0.39, 0.29) is 17.8 Å². The molecule has 3 rings (SSSR count). The highest BCUT2D eigenvalue weighted by Crippen LogP contribution is 2.24. The molecule has 0 saturated heterocycles. The van der Waals surface area contributed by atoms with E-state index in [1.165, 1.54) is 12.1 Å². The number of hydrogen-bond donors (Lipinski definition) is 3. The molecule has 112 valence electrons. The van der Waals surface area contributed by atoms with Gasteiger partial charge in [-0.3, -0.25) is 10.2 Å². The van der Waals surface area contributed by atoms with Gasteiger partial charge < -0.3 is 10.6 Å². The average molecular weight is 298 g/mol. The van der Waals surface area contributed by atoms with Crippen molar-refractivity contribution in [3.8, 4) is 0 Å². The Labute approximate surface area is 127 Å². The number of hydrogen-bond acceptors (Lipinski definition) is 4. The van der Waals surface area contributed by atoms with E-state index in [2.05, 4.69) is 21.2 Å². The number of halogens is 1. The van der Waals surface area contributed by atoms with Crippen molar-refractivity contribution in [1.29, 1.82) is 0 Å². The molecule has 0 aromatic heterocycles. The Morgan fingerprint density at radius 3 is 2.50 bits per heavy atom. The zero-order chi connectivity index (χ0) is 15.5. The minimum Gasteiger partial charge on any atom is -0.375 e. The summed E-state index contributed by atoms with van der Waals surface area (Å²) in [5, 5.41) is 10.2. The highest BCUT2D eigenvalue weighted by atomic mass is 19.1. The molecule has 0 radical (unpaired) electrons. The molecule has 6 heteroatoms. The van der Waals surface area contributed by atoms with Crippen molar-refractivity contribution in [2.75, 3.05) is 16.1 Å². The van der Waals surface area contributed by atoms with Crippen molar-refractivity contribution in [2.45, 2.75) is 13.0 Å². The van der Waals surface area contributed by atoms with Gasteiger partial charge in [0.05, 0.1) is 23.1 Å². The number of para-hydroxylation sites is 2. The molecule has 1 aliphatic rings. The van der Waals surface area contributed by atoms with Crippen molar-refractivity contribution >= 4 is 28.7 Å². The normalized spacial score (nSPS) is 18.9. The van der Waals surface area contributed by atoms with Crippen molar-refractivity contribution < 1.29 is 9.18 Å². The molecule has 0 spiro atoms. The highest BCUT2D eigenvalue weighted by Gasteiger charge is 2.24. The van der Waals surface area contributed by atoms with Crippen LogP contribution in [-0.4, -0.2) is 17.7 Å². The van der Waals surface area contributed by atoms with Gasteiger partial charge >= 0.3 is 0 Å². The fourth-order valence-electron chi connectivity index (χ4n) is 2.20. The Bertz CT molecular complexity index is 727. The minimum atomic E-state index is -0.323. The van der Waals surface area contributed by atoms with Crippen LogP contribution in [0, 0.1) is 5.82 Å². The van der Waals surface area contributed by atoms with Gasteiger partial charge in [0.1, 0.15) is 11.5 Å². The quantitative estimate of drug-likeness (QED) is 0.747. The van der Waals surface area contributed by atoms with Crippen molar-refractivity contribution in [2.24, 2.45) is 5.10 Å². The average Bonchev–Trinajstić information content (AvgIpc) is 2.62. The van der Waals surface area contributed by atoms with Crippen LogP contribution < -0.4 is 16.1 Å². The lowest BCUT2D eigenvalue weighted by Gasteiger charge is -2.13. The fraction of sp³-hybridized carbons (Fsp3) is 0.125. The van der Waals surface area contributed by atoms with Crippen LogP contribution in [0.1, 0.15) is 6.92 Å². The number of nitrogens with one attached hydrogen (secondary N) is 3. The molecule has 0 fully saturated rings. The first-order valence-electron chi connectivity index (χ1n) is 6.89. The Kier molecular flexibility index (Phi) is 3.74. The van der Waals surface area contributed by atoms with Gasteiger partial charge in [-0.25, -0.2) is 4.39 Å². The first kappa shape index (κ1) is 14.1. The van der Waals surface area contributed by atoms with Gasteiger partial charge in [0, 0.05) is 0 Å². The second-order valence-electron chi connectivity index (χ2n) is 4.98. The van der Waals surface area contributed by atoms with Crippen LogP contribution in [-0.2, 0) is 4.79 Å². The molecule has 1 atom stereocenters. The number of benzene rings is 2. The van der Waals surface area contributed by atoms with Crippen molar-refractivity contribution in [1.82, 2.24) is 0 Å². The molecule has 1 unspecified atom stereocenters. The Morgan fingerprint density at radius 2 is 1.77 bits per heavy atom. The Balaban J connectivity index is 1.83. The maximum absolute atomic E-state index is 12.9. The van der Waals surface area contributed by atoms with Gasteiger partial charge in [-0.1, -0.05) is 12.1 Å². The number of carbonyl (C=O) groups excluding carboxylic acids is 1. The smallest absolute Gasteiger partial charge is 0.274 e. The Hall–Kier alpha value is -2.89. The number of carbonyl (C=O) groups is 1. The van der Waals surface area contributed by atoms with Crippen LogP contribution in [0.25, 0.3) is 0 Å². The van der Waals surface area contributed by atoms with Crippen LogP contribution in [0.15, 0.2) is 53.6 Å². The fourth-order valence-corrected chi connectivity index (χ4v) is 2.20. The molecule has 1 aliphatic heterocycles. The number of anilines is 3. The van der Waals surface area contributed by atoms with E-state index >= 15 is 0 Å². The van der Waals surface area contributed by atoms with E-state index < -0.39 is 0 Å². The lowest BCUT2D eigenvalue weighted by Crippen LogP contribution is -2.34. The summed E-state index contributed by atoms with van der Waals surface area (Å²) in [6.45, 7) is 1.85. The molecule has 2 aromatic carbocycles. The molecule has 3 N–H and O–H groups in total. The molecular weight excluding hydrogens is 283 g/mol. The van der Waals surface area contributed by atoms with E-state index in [0.29, 0.717) is 17.1 Å². The summed E-state index contributed by atoms with van der Waals surface area (Å²) < 4.78 is 12.9. The van der Waals surface area contributed by atoms with Gasteiger partial charge in [0.25, 0.3) is 5.91 Å². The van der Waals surface area contributed by atoms with Crippen LogP contribution in [0.5, 0.6) is 0 Å². The standard InChI is InChI=1S/C16H15FN4O/c1-10-15(21-20-12-8-6-11(17)7-9-12)16(22)19-14-5-3-2-4-13(14)18-10/h2-10,18,20H,1H3,(H,19,22)/b21-15-. The summed E-state index contributed by atoms with van der Waals surface area (Å²) in [6, 6.07) is 13.0. The minimum absolute atomic E-state index is 0.267. The molecule has 0 saturated carbocycles. The number of nitrogens with zero attached hydrogens (tertiary/aromatic N) is 1. The summed E-state index contributed by atoms with van der Waals surface area (Å²) in [5.41, 5.74) is 5.26. The first-order valence-corrected chi connectivity index (χ1v) is 6.89. The van der Waals surface area contributed by atoms with Crippen LogP contribution in [0.3, 0.4) is 0 Å². The second kappa shape index (κ2) is 5.85. The molecule has 2 aromatic rings. The van der Waals surface area contributed by atoms with E-state index in [1.54, 1.807) is 12.1 Å². The van der Waals surface area contributed by atoms with Gasteiger partial charge in [-0.2, -0.15) is 5.10 Å². The van der Waals surface area contributed by atoms with E-state index in [9.17, 15) is 9.18 Å². The third kappa shape index (κ3) is 2.90. The molecule has 1 amide bonds. The van der Waals surface area contributed by atoms with Crippen LogP contribution >= 0.6 is 0 Å². The van der Waals surface area contributed by atoms with Gasteiger partial charge in [-0.05, 0) is 43.3 Å². The van der Waals surface area contributed by atoms with E-state index in [0.717, 1.165) is 5.69 Å². The summed E-state index contributed by atoms with van der Waals surface area (Å²) in [7, 11) is 0. The van der Waals surface area contributed by atoms with Gasteiger partial charge in [-0.15, -0.1) is 0 Å². The van der Waals surface area contributed by atoms with Crippen molar-refractivity contribution in [3.63, 3.8) is 0 Å². The van der Waals surface area contributed by atoms with Gasteiger partial charge in [0.2, 0.25) is 0 Å². The molecule has 0 bridgehead atoms. The van der Waals surface area contributed by atoms with Gasteiger partial charge in [0.15, 0.2) is 0 Å². The van der Waals surface area contributed by atoms with Crippen molar-refractivity contribution in [3.05, 3.63) is 54.3 Å². The van der Waals surface area contributed by atoms with E-state index in [4.69, 9.17) is 0 Å². The number of hydrazone groups is 1. The summed E-state index contributed by atoms with van der Waals surface area (Å²) in [5.74, 6) is -0.601. The lowest BCUT2D eigenvalue weighted by molar-refractivity contribution is -0.110. The number of amides is 1. The summed E-state index contributed by atoms with van der Waals surface area (Å²) >= 11 is 0. The third-order valence-corrected chi connectivity index (χ3v) is 3.34. The van der Waals surface area contributed by atoms with Crippen LogP contribution in [0.2, 0.25) is 0 Å². The molecular formula is C16H15FN4O. The first-order chi connectivity index (χ1) is 10.6. The predicted molar refractivity (Wildman–Crippen MR) is 85.6 cm³/mol. The topological polar surface area (TPSA) is 65.5 Å². The zero-order valence-corrected chi connectivity index (χ0v) is 11.9. The molecule has 5 nitrogen and oxygen atoms in total. The maximum atomic E-state index is 12.9. The Morgan fingerprint density at radius 1 is 1.09 bits per heavy atom. The number of rotatable bonds is 2. The second-order valence-corrected chi connectivity index (χ2v) is 4.98. The SMILES string of the molecule is CC1Nc2ccccc2NC(=O)/C1=N\Nc1ccc(F)cc1. The molecule has 1 heterocycles. The number of fused-ring (bicyclic) bond motifs is 1. The monoisotopic (exact) mass is 298 g/mol. The largest absolute Gasteiger partial charge is 0.375 e. The summed E-state index contributed by atoms with van der Waals surface area (Å²) in [4.78, 5) is 12.3. The summed E-state index contributed by atoms with van der Waals surface area (Å²) in [6.07, 6.45) is 0. The highest BCUT2D eigenvalue weighted by molar-refractivity contribution is 6.46. The molecule has 0 aliphatic carbocycles. The van der Waals surface area contributed by atoms with Crippen LogP contribution in [0.4, 0.5) is 21.5 Å². The van der Waals surface area contributed by atoms with E-state index in [1.807, 2.05) is 31.2 Å². The zero-order valence-electron chi connectivity index (χ0n) is 11.9. The lowest BCUT2D eigenvalue weighted by atomic mass is 10.2. The third-order valence-electron chi connectivity index (χ3n) is 3.34.